The van der Waals surface area contributed by atoms with E-state index in [0.717, 1.165) is 12.1 Å². The Balaban J connectivity index is 1.62. The second-order valence-electron chi connectivity index (χ2n) is 8.63. The monoisotopic (exact) mass is 485 g/mol. The van der Waals surface area contributed by atoms with Crippen LogP contribution in [-0.2, 0) is 9.84 Å². The minimum absolute atomic E-state index is 0.00673. The maximum atomic E-state index is 13.5. The smallest absolute Gasteiger partial charge is 0.255 e. The minimum Gasteiger partial charge on any atom is -0.393 e. The number of nitrogens with one attached hydrogen (secondary N) is 1. The van der Waals surface area contributed by atoms with Crippen LogP contribution in [0.5, 0.6) is 0 Å². The molecule has 0 spiro atoms. The molecule has 32 heavy (non-hydrogen) atoms. The van der Waals surface area contributed by atoms with E-state index in [4.69, 9.17) is 11.6 Å². The number of hydrogen-bond donors (Lipinski definition) is 3. The van der Waals surface area contributed by atoms with Gasteiger partial charge in [-0.1, -0.05) is 11.6 Å². The molecule has 2 atom stereocenters. The van der Waals surface area contributed by atoms with Crippen molar-refractivity contribution in [3.05, 3.63) is 58.6 Å². The van der Waals surface area contributed by atoms with Gasteiger partial charge in [0.2, 0.25) is 0 Å². The molecule has 0 aliphatic heterocycles. The molecule has 2 aliphatic carbocycles. The number of rotatable bonds is 5. The molecule has 0 heterocycles. The number of carbonyl (C=O) groups excluding carboxylic acids is 1. The molecule has 2 fully saturated rings. The molecule has 3 N–H and O–H groups in total. The van der Waals surface area contributed by atoms with E-state index in [-0.39, 0.29) is 45.8 Å². The summed E-state index contributed by atoms with van der Waals surface area (Å²) in [6, 6.07) is 6.71. The van der Waals surface area contributed by atoms with Crippen LogP contribution in [0.1, 0.15) is 36.0 Å². The molecule has 10 heteroatoms. The van der Waals surface area contributed by atoms with Gasteiger partial charge in [-0.25, -0.2) is 17.2 Å². The number of benzene rings is 2. The maximum Gasteiger partial charge on any atom is 0.255 e. The van der Waals surface area contributed by atoms with Crippen molar-refractivity contribution < 1.29 is 32.2 Å². The minimum atomic E-state index is -3.94. The van der Waals surface area contributed by atoms with Crippen LogP contribution in [0, 0.1) is 23.5 Å². The van der Waals surface area contributed by atoms with Gasteiger partial charge in [0.25, 0.3) is 5.91 Å². The lowest BCUT2D eigenvalue weighted by molar-refractivity contribution is -0.0597. The van der Waals surface area contributed by atoms with E-state index in [1.807, 2.05) is 0 Å². The second-order valence-corrected chi connectivity index (χ2v) is 11.1. The highest BCUT2D eigenvalue weighted by Gasteiger charge is 2.54. The Morgan fingerprint density at radius 3 is 2.34 bits per heavy atom. The highest BCUT2D eigenvalue weighted by atomic mass is 35.5. The first kappa shape index (κ1) is 23.1. The number of carbonyl (C=O) groups is 1. The van der Waals surface area contributed by atoms with E-state index in [0.29, 0.717) is 12.8 Å². The molecule has 2 aromatic rings. The van der Waals surface area contributed by atoms with E-state index < -0.39 is 44.8 Å². The molecule has 2 aliphatic rings. The number of fused-ring (bicyclic) bond motifs is 2. The second kappa shape index (κ2) is 8.37. The fraction of sp³-hybridized carbons (Fsp3) is 0.409. The molecule has 6 nitrogen and oxygen atoms in total. The van der Waals surface area contributed by atoms with Crippen molar-refractivity contribution in [1.82, 2.24) is 0 Å². The van der Waals surface area contributed by atoms with Gasteiger partial charge < -0.3 is 15.5 Å². The third-order valence-corrected chi connectivity index (χ3v) is 9.33. The molecule has 2 unspecified atom stereocenters. The average Bonchev–Trinajstić information content (AvgIpc) is 3.04. The first-order valence-electron chi connectivity index (χ1n) is 10.2. The molecule has 172 valence electrons. The van der Waals surface area contributed by atoms with Crippen molar-refractivity contribution >= 4 is 33.0 Å². The van der Waals surface area contributed by atoms with E-state index >= 15 is 0 Å². The zero-order chi connectivity index (χ0) is 23.3. The molecule has 2 bridgehead atoms. The third-order valence-electron chi connectivity index (χ3n) is 6.45. The molecule has 4 rings (SSSR count). The fourth-order valence-corrected chi connectivity index (χ4v) is 7.90. The molecular formula is C22H22ClF2NO5S. The molecule has 2 saturated carbocycles. The number of anilines is 1. The van der Waals surface area contributed by atoms with E-state index in [1.54, 1.807) is 0 Å². The summed E-state index contributed by atoms with van der Waals surface area (Å²) in [5, 5.41) is 21.6. The normalized spacial score (nSPS) is 27.3. The van der Waals surface area contributed by atoms with Crippen molar-refractivity contribution in [2.75, 3.05) is 11.9 Å². The fourth-order valence-electron chi connectivity index (χ4n) is 5.06. The van der Waals surface area contributed by atoms with Gasteiger partial charge in [-0.3, -0.25) is 4.79 Å². The summed E-state index contributed by atoms with van der Waals surface area (Å²) < 4.78 is 53.6. The Morgan fingerprint density at radius 1 is 1.09 bits per heavy atom. The summed E-state index contributed by atoms with van der Waals surface area (Å²) in [6.45, 7) is -0.423. The van der Waals surface area contributed by atoms with Gasteiger partial charge in [0.05, 0.1) is 27.4 Å². The summed E-state index contributed by atoms with van der Waals surface area (Å²) in [5.41, 5.74) is -1.28. The van der Waals surface area contributed by atoms with Gasteiger partial charge in [-0.05, 0) is 67.9 Å². The Hall–Kier alpha value is -2.07. The van der Waals surface area contributed by atoms with E-state index in [2.05, 4.69) is 5.32 Å². The Bertz CT molecular complexity index is 1160. The molecule has 0 radical (unpaired) electrons. The van der Waals surface area contributed by atoms with Crippen molar-refractivity contribution in [3.8, 4) is 0 Å². The molecule has 2 aromatic carbocycles. The number of halogens is 3. The Labute approximate surface area is 189 Å². The average molecular weight is 486 g/mol. The van der Waals surface area contributed by atoms with Crippen LogP contribution < -0.4 is 5.32 Å². The first-order valence-corrected chi connectivity index (χ1v) is 12.1. The maximum absolute atomic E-state index is 13.5. The lowest BCUT2D eigenvalue weighted by atomic mass is 9.77. The lowest BCUT2D eigenvalue weighted by Gasteiger charge is -2.39. The van der Waals surface area contributed by atoms with Crippen LogP contribution in [-0.4, -0.2) is 42.0 Å². The quantitative estimate of drug-likeness (QED) is 0.601. The van der Waals surface area contributed by atoms with Gasteiger partial charge in [-0.15, -0.1) is 0 Å². The third kappa shape index (κ3) is 4.14. The molecule has 1 amide bonds. The number of aliphatic hydroxyl groups excluding tert-OH is 1. The Kier molecular flexibility index (Phi) is 6.04. The summed E-state index contributed by atoms with van der Waals surface area (Å²) in [7, 11) is -3.94. The van der Waals surface area contributed by atoms with Gasteiger partial charge in [0.15, 0.2) is 21.5 Å². The lowest BCUT2D eigenvalue weighted by Crippen LogP contribution is -2.48. The topological polar surface area (TPSA) is 104 Å². The number of amides is 1. The number of hydrogen-bond acceptors (Lipinski definition) is 5. The van der Waals surface area contributed by atoms with Crippen LogP contribution in [0.2, 0.25) is 5.02 Å². The highest BCUT2D eigenvalue weighted by molar-refractivity contribution is 7.92. The van der Waals surface area contributed by atoms with Crippen molar-refractivity contribution in [1.29, 1.82) is 0 Å². The van der Waals surface area contributed by atoms with Gasteiger partial charge in [0.1, 0.15) is 0 Å². The largest absolute Gasteiger partial charge is 0.393 e. The van der Waals surface area contributed by atoms with Crippen LogP contribution in [0.25, 0.3) is 0 Å². The van der Waals surface area contributed by atoms with Crippen LogP contribution in [0.4, 0.5) is 14.5 Å². The standard InChI is InChI=1S/C22H22ClF2NO5S/c23-16-5-3-12(21(28)26-15-4-6-17(24)18(25)8-15)7-19(16)32(30,31)20-13-1-2-14(20)10-22(29,9-13)11-27/h3-8,13-14,20,27,29H,1-2,9-11H2,(H,26,28). The predicted octanol–water partition coefficient (Wildman–Crippen LogP) is 3.56. The molecule has 0 aromatic heterocycles. The SMILES string of the molecule is O=C(Nc1ccc(F)c(F)c1)c1ccc(Cl)c(S(=O)(=O)C2C3CCC2CC(O)(CO)C3)c1. The molecule has 0 saturated heterocycles. The van der Waals surface area contributed by atoms with Gasteiger partial charge in [0, 0.05) is 17.3 Å². The number of aliphatic hydroxyl groups is 2. The van der Waals surface area contributed by atoms with Gasteiger partial charge >= 0.3 is 0 Å². The van der Waals surface area contributed by atoms with E-state index in [1.165, 1.54) is 24.3 Å². The predicted molar refractivity (Wildman–Crippen MR) is 114 cm³/mol. The summed E-state index contributed by atoms with van der Waals surface area (Å²) in [6.07, 6.45) is 1.59. The van der Waals surface area contributed by atoms with Crippen molar-refractivity contribution in [3.63, 3.8) is 0 Å². The van der Waals surface area contributed by atoms with Crippen LogP contribution in [0.3, 0.4) is 0 Å². The van der Waals surface area contributed by atoms with Crippen molar-refractivity contribution in [2.24, 2.45) is 11.8 Å². The van der Waals surface area contributed by atoms with Crippen LogP contribution in [0.15, 0.2) is 41.3 Å². The number of sulfone groups is 1. The summed E-state index contributed by atoms with van der Waals surface area (Å²) in [5.74, 6) is -3.54. The zero-order valence-electron chi connectivity index (χ0n) is 16.9. The summed E-state index contributed by atoms with van der Waals surface area (Å²) in [4.78, 5) is 12.4. The first-order chi connectivity index (χ1) is 15.0. The molecular weight excluding hydrogens is 464 g/mol. The Morgan fingerprint density at radius 2 is 1.75 bits per heavy atom. The van der Waals surface area contributed by atoms with Crippen molar-refractivity contribution in [2.45, 2.75) is 41.4 Å². The summed E-state index contributed by atoms with van der Waals surface area (Å²) >= 11 is 6.21. The highest BCUT2D eigenvalue weighted by Crippen LogP contribution is 2.51. The van der Waals surface area contributed by atoms with Gasteiger partial charge in [-0.2, -0.15) is 0 Å². The zero-order valence-corrected chi connectivity index (χ0v) is 18.5. The van der Waals surface area contributed by atoms with E-state index in [9.17, 15) is 32.2 Å². The van der Waals surface area contributed by atoms with Crippen LogP contribution >= 0.6 is 11.6 Å².